The Labute approximate surface area is 120 Å². The minimum atomic E-state index is -0.108. The zero-order valence-corrected chi connectivity index (χ0v) is 12.8. The molecule has 8 heteroatoms. The van der Waals surface area contributed by atoms with Crippen molar-refractivity contribution in [2.24, 2.45) is 16.8 Å². The van der Waals surface area contributed by atoms with Gasteiger partial charge in [0.2, 0.25) is 11.8 Å². The van der Waals surface area contributed by atoms with Crippen LogP contribution < -0.4 is 15.4 Å². The lowest BCUT2D eigenvalue weighted by atomic mass is 10.1. The summed E-state index contributed by atoms with van der Waals surface area (Å²) in [6.45, 7) is 5.11. The largest absolute Gasteiger partial charge is 0.480 e. The Morgan fingerprint density at radius 1 is 1.68 bits per heavy atom. The van der Waals surface area contributed by atoms with Gasteiger partial charge in [-0.15, -0.1) is 0 Å². The average molecular weight is 332 g/mol. The van der Waals surface area contributed by atoms with Crippen molar-refractivity contribution in [3.8, 4) is 5.88 Å². The summed E-state index contributed by atoms with van der Waals surface area (Å²) < 4.78 is 5.83. The Bertz CT molecular complexity index is 455. The van der Waals surface area contributed by atoms with Gasteiger partial charge in [-0.3, -0.25) is 0 Å². The Morgan fingerprint density at radius 3 is 2.89 bits per heavy atom. The number of anilines is 1. The predicted octanol–water partition coefficient (Wildman–Crippen LogP) is 1.46. The van der Waals surface area contributed by atoms with Crippen LogP contribution in [0.1, 0.15) is 13.8 Å². The number of methoxy groups -OCH3 is 1. The molecule has 19 heavy (non-hydrogen) atoms. The molecule has 0 spiro atoms. The summed E-state index contributed by atoms with van der Waals surface area (Å²) in [5, 5.41) is 11.7. The Morgan fingerprint density at radius 2 is 2.37 bits per heavy atom. The third kappa shape index (κ3) is 3.95. The van der Waals surface area contributed by atoms with Crippen LogP contribution in [0.2, 0.25) is 0 Å². The van der Waals surface area contributed by atoms with E-state index in [-0.39, 0.29) is 11.8 Å². The van der Waals surface area contributed by atoms with Crippen molar-refractivity contribution in [3.63, 3.8) is 0 Å². The van der Waals surface area contributed by atoms with Crippen molar-refractivity contribution in [2.75, 3.05) is 25.1 Å². The quantitative estimate of drug-likeness (QED) is 0.354. The number of hydrogen-bond acceptors (Lipinski definition) is 6. The van der Waals surface area contributed by atoms with Crippen LogP contribution in [-0.4, -0.2) is 41.2 Å². The molecule has 1 aromatic rings. The molecule has 0 aromatic carbocycles. The molecular formula is C11H18BrN5O2. The molecule has 0 saturated heterocycles. The molecule has 0 aliphatic heterocycles. The van der Waals surface area contributed by atoms with Gasteiger partial charge >= 0.3 is 0 Å². The molecule has 106 valence electrons. The normalized spacial score (nSPS) is 13.2. The molecule has 1 atom stereocenters. The van der Waals surface area contributed by atoms with E-state index in [0.717, 1.165) is 0 Å². The van der Waals surface area contributed by atoms with E-state index in [9.17, 15) is 0 Å². The van der Waals surface area contributed by atoms with Crippen molar-refractivity contribution in [2.45, 2.75) is 13.8 Å². The van der Waals surface area contributed by atoms with Gasteiger partial charge in [0.15, 0.2) is 0 Å². The molecule has 7 nitrogen and oxygen atoms in total. The zero-order valence-electron chi connectivity index (χ0n) is 11.2. The zero-order chi connectivity index (χ0) is 14.4. The van der Waals surface area contributed by atoms with Crippen LogP contribution >= 0.6 is 15.9 Å². The number of amidine groups is 1. The van der Waals surface area contributed by atoms with Gasteiger partial charge in [0, 0.05) is 19.0 Å². The van der Waals surface area contributed by atoms with E-state index in [1.54, 1.807) is 13.3 Å². The molecule has 1 aromatic heterocycles. The summed E-state index contributed by atoms with van der Waals surface area (Å²) in [6, 6.07) is 0. The SMILES string of the molecule is CCN(CC(C)C(N)=NO)c1ncc(Br)c(OC)n1. The number of ether oxygens (including phenoxy) is 1. The monoisotopic (exact) mass is 331 g/mol. The van der Waals surface area contributed by atoms with Gasteiger partial charge in [-0.1, -0.05) is 12.1 Å². The Balaban J connectivity index is 2.91. The summed E-state index contributed by atoms with van der Waals surface area (Å²) in [7, 11) is 1.55. The second-order valence-corrected chi connectivity index (χ2v) is 4.85. The van der Waals surface area contributed by atoms with E-state index in [2.05, 4.69) is 31.1 Å². The lowest BCUT2D eigenvalue weighted by molar-refractivity contribution is 0.314. The number of rotatable bonds is 6. The van der Waals surface area contributed by atoms with Gasteiger partial charge in [0.05, 0.1) is 17.8 Å². The van der Waals surface area contributed by atoms with Crippen LogP contribution in [0.4, 0.5) is 5.95 Å². The fourth-order valence-electron chi connectivity index (χ4n) is 1.51. The van der Waals surface area contributed by atoms with Crippen LogP contribution in [0.15, 0.2) is 15.8 Å². The molecule has 0 aliphatic rings. The van der Waals surface area contributed by atoms with Crippen LogP contribution in [0.5, 0.6) is 5.88 Å². The second-order valence-electron chi connectivity index (χ2n) is 3.99. The molecule has 1 heterocycles. The minimum absolute atomic E-state index is 0.108. The molecular weight excluding hydrogens is 314 g/mol. The second kappa shape index (κ2) is 7.13. The smallest absolute Gasteiger partial charge is 0.232 e. The van der Waals surface area contributed by atoms with E-state index < -0.39 is 0 Å². The van der Waals surface area contributed by atoms with E-state index in [0.29, 0.717) is 29.4 Å². The van der Waals surface area contributed by atoms with E-state index >= 15 is 0 Å². The topological polar surface area (TPSA) is 96.9 Å². The molecule has 1 unspecified atom stereocenters. The first-order valence-electron chi connectivity index (χ1n) is 5.82. The van der Waals surface area contributed by atoms with Crippen molar-refractivity contribution >= 4 is 27.7 Å². The highest BCUT2D eigenvalue weighted by Gasteiger charge is 2.16. The van der Waals surface area contributed by atoms with E-state index in [1.807, 2.05) is 18.7 Å². The molecule has 0 radical (unpaired) electrons. The molecule has 0 saturated carbocycles. The standard InChI is InChI=1S/C11H18BrN5O2/c1-4-17(6-7(2)9(13)16-18)11-14-5-8(12)10(15-11)19-3/h5,7,18H,4,6H2,1-3H3,(H2,13,16). The highest BCUT2D eigenvalue weighted by molar-refractivity contribution is 9.10. The molecule has 0 bridgehead atoms. The third-order valence-corrected chi connectivity index (χ3v) is 3.22. The van der Waals surface area contributed by atoms with Gasteiger partial charge in [0.1, 0.15) is 5.84 Å². The third-order valence-electron chi connectivity index (χ3n) is 2.67. The Hall–Kier alpha value is -1.57. The van der Waals surface area contributed by atoms with Crippen molar-refractivity contribution in [1.82, 2.24) is 9.97 Å². The summed E-state index contributed by atoms with van der Waals surface area (Å²) in [6.07, 6.45) is 1.64. The highest BCUT2D eigenvalue weighted by Crippen LogP contribution is 2.23. The fraction of sp³-hybridized carbons (Fsp3) is 0.545. The van der Waals surface area contributed by atoms with E-state index in [4.69, 9.17) is 15.7 Å². The summed E-state index contributed by atoms with van der Waals surface area (Å²) in [4.78, 5) is 10.5. The first kappa shape index (κ1) is 15.5. The highest BCUT2D eigenvalue weighted by atomic mass is 79.9. The molecule has 3 N–H and O–H groups in total. The molecule has 0 fully saturated rings. The first-order chi connectivity index (χ1) is 9.03. The summed E-state index contributed by atoms with van der Waals surface area (Å²) in [5.41, 5.74) is 5.58. The van der Waals surface area contributed by atoms with E-state index in [1.165, 1.54) is 0 Å². The maximum Gasteiger partial charge on any atom is 0.232 e. The van der Waals surface area contributed by atoms with Crippen molar-refractivity contribution < 1.29 is 9.94 Å². The summed E-state index contributed by atoms with van der Waals surface area (Å²) in [5.74, 6) is 1.09. The Kier molecular flexibility index (Phi) is 5.81. The van der Waals surface area contributed by atoms with Crippen LogP contribution in [0.25, 0.3) is 0 Å². The summed E-state index contributed by atoms with van der Waals surface area (Å²) >= 11 is 3.31. The molecule has 0 amide bonds. The lowest BCUT2D eigenvalue weighted by Gasteiger charge is -2.24. The number of halogens is 1. The average Bonchev–Trinajstić information content (AvgIpc) is 2.44. The minimum Gasteiger partial charge on any atom is -0.480 e. The van der Waals surface area contributed by atoms with Gasteiger partial charge in [-0.25, -0.2) is 4.98 Å². The van der Waals surface area contributed by atoms with Gasteiger partial charge < -0.3 is 20.6 Å². The molecule has 1 rings (SSSR count). The van der Waals surface area contributed by atoms with Gasteiger partial charge in [-0.2, -0.15) is 4.98 Å². The van der Waals surface area contributed by atoms with Crippen LogP contribution in [-0.2, 0) is 0 Å². The maximum atomic E-state index is 8.67. The van der Waals surface area contributed by atoms with Crippen molar-refractivity contribution in [3.05, 3.63) is 10.7 Å². The maximum absolute atomic E-state index is 8.67. The van der Waals surface area contributed by atoms with Crippen LogP contribution in [0.3, 0.4) is 0 Å². The first-order valence-corrected chi connectivity index (χ1v) is 6.61. The molecule has 0 aliphatic carbocycles. The predicted molar refractivity (Wildman–Crippen MR) is 76.7 cm³/mol. The number of hydrogen-bond donors (Lipinski definition) is 2. The lowest BCUT2D eigenvalue weighted by Crippen LogP contribution is -2.35. The fourth-order valence-corrected chi connectivity index (χ4v) is 1.87. The number of oxime groups is 1. The number of aromatic nitrogens is 2. The number of nitrogens with zero attached hydrogens (tertiary/aromatic N) is 4. The number of nitrogens with two attached hydrogens (primary N) is 1. The van der Waals surface area contributed by atoms with Gasteiger partial charge in [0.25, 0.3) is 0 Å². The van der Waals surface area contributed by atoms with Gasteiger partial charge in [-0.05, 0) is 22.9 Å². The van der Waals surface area contributed by atoms with Crippen LogP contribution in [0, 0.1) is 5.92 Å². The van der Waals surface area contributed by atoms with Crippen molar-refractivity contribution in [1.29, 1.82) is 0 Å².